The first-order chi connectivity index (χ1) is 17.7. The average Bonchev–Trinajstić information content (AvgIpc) is 2.89. The number of benzene rings is 1. The molecule has 1 aromatic rings. The Morgan fingerprint density at radius 3 is 2.49 bits per heavy atom. The summed E-state index contributed by atoms with van der Waals surface area (Å²) in [6.07, 6.45) is 3.40. The molecule has 3 N–H and O–H groups in total. The number of hydrogen-bond donors (Lipinski definition) is 3. The summed E-state index contributed by atoms with van der Waals surface area (Å²) in [5.41, 5.74) is 0.185. The molecule has 2 bridgehead atoms. The molecule has 1 aromatic carbocycles. The van der Waals surface area contributed by atoms with Crippen molar-refractivity contribution in [3.63, 3.8) is 0 Å². The fraction of sp³-hybridized carbons (Fsp3) is 0.615. The van der Waals surface area contributed by atoms with Crippen LogP contribution in [0.4, 0.5) is 0 Å². The minimum Gasteiger partial charge on any atom is -0.508 e. The van der Waals surface area contributed by atoms with Crippen molar-refractivity contribution in [2.75, 3.05) is 53.0 Å². The molecule has 11 heteroatoms. The first-order valence-electron chi connectivity index (χ1n) is 12.9. The van der Waals surface area contributed by atoms with Crippen LogP contribution < -0.4 is 15.4 Å². The van der Waals surface area contributed by atoms with Crippen molar-refractivity contribution in [3.8, 4) is 11.5 Å². The summed E-state index contributed by atoms with van der Waals surface area (Å²) in [6.45, 7) is 4.30. The summed E-state index contributed by atoms with van der Waals surface area (Å²) in [5.74, 6) is -1.11. The number of nitrogens with one attached hydrogen (secondary N) is 2. The van der Waals surface area contributed by atoms with Gasteiger partial charge in [0.2, 0.25) is 11.8 Å². The van der Waals surface area contributed by atoms with Crippen LogP contribution in [0.2, 0.25) is 0 Å². The molecular weight excluding hydrogens is 480 g/mol. The van der Waals surface area contributed by atoms with Gasteiger partial charge in [0.15, 0.2) is 6.61 Å². The average molecular weight is 519 g/mol. The quantitative estimate of drug-likeness (QED) is 0.502. The van der Waals surface area contributed by atoms with Crippen molar-refractivity contribution in [1.29, 1.82) is 0 Å². The van der Waals surface area contributed by atoms with Gasteiger partial charge in [-0.2, -0.15) is 0 Å². The maximum Gasteiger partial charge on any atom is 0.258 e. The van der Waals surface area contributed by atoms with Gasteiger partial charge in [0.1, 0.15) is 17.5 Å². The van der Waals surface area contributed by atoms with Crippen LogP contribution >= 0.6 is 0 Å². The van der Waals surface area contributed by atoms with E-state index in [2.05, 4.69) is 10.6 Å². The van der Waals surface area contributed by atoms with Crippen LogP contribution in [-0.4, -0.2) is 97.6 Å². The molecule has 11 nitrogen and oxygen atoms in total. The standard InChI is InChI=1S/C26H38N4O7/c1-18-25(34)29(2)9-3-4-10-30(26(35)19-6-12-36-13-7-19)11-5-8-27-24(33)20-14-21(31)16-22(15-20)37-17-23(32)28-18/h14-16,18-19,31H,3-13,17H2,1-2H3,(H,27,33)(H,28,32)/t18-/m0/s1. The molecule has 0 aromatic heterocycles. The number of ether oxygens (including phenoxy) is 2. The van der Waals surface area contributed by atoms with Crippen molar-refractivity contribution >= 4 is 23.6 Å². The number of phenolic OH excluding ortho intramolecular Hbond substituents is 1. The van der Waals surface area contributed by atoms with E-state index in [4.69, 9.17) is 9.47 Å². The second-order valence-corrected chi connectivity index (χ2v) is 9.58. The van der Waals surface area contributed by atoms with Gasteiger partial charge in [-0.25, -0.2) is 0 Å². The second kappa shape index (κ2) is 13.8. The molecular formula is C26H38N4O7. The number of nitrogens with zero attached hydrogens (tertiary/aromatic N) is 2. The summed E-state index contributed by atoms with van der Waals surface area (Å²) >= 11 is 0. The normalized spacial score (nSPS) is 22.0. The summed E-state index contributed by atoms with van der Waals surface area (Å²) in [4.78, 5) is 54.3. The van der Waals surface area contributed by atoms with Crippen molar-refractivity contribution in [2.45, 2.75) is 45.1 Å². The molecule has 2 aliphatic rings. The van der Waals surface area contributed by atoms with Gasteiger partial charge in [0.25, 0.3) is 11.8 Å². The third kappa shape index (κ3) is 8.63. The first kappa shape index (κ1) is 28.2. The Kier molecular flexibility index (Phi) is 10.6. The third-order valence-electron chi connectivity index (χ3n) is 6.59. The van der Waals surface area contributed by atoms with Crippen molar-refractivity contribution in [2.24, 2.45) is 5.92 Å². The summed E-state index contributed by atoms with van der Waals surface area (Å²) in [5, 5.41) is 15.4. The summed E-state index contributed by atoms with van der Waals surface area (Å²) in [6, 6.07) is 3.30. The van der Waals surface area contributed by atoms with E-state index in [1.54, 1.807) is 18.9 Å². The molecule has 0 spiro atoms. The van der Waals surface area contributed by atoms with Gasteiger partial charge in [0.05, 0.1) is 0 Å². The molecule has 1 saturated heterocycles. The fourth-order valence-corrected chi connectivity index (χ4v) is 4.49. The lowest BCUT2D eigenvalue weighted by atomic mass is 9.98. The fourth-order valence-electron chi connectivity index (χ4n) is 4.49. The molecule has 0 unspecified atom stereocenters. The maximum atomic E-state index is 13.2. The minimum absolute atomic E-state index is 0.0617. The lowest BCUT2D eigenvalue weighted by molar-refractivity contribution is -0.139. The largest absolute Gasteiger partial charge is 0.508 e. The summed E-state index contributed by atoms with van der Waals surface area (Å²) < 4.78 is 10.8. The minimum atomic E-state index is -0.746. The van der Waals surface area contributed by atoms with Crippen LogP contribution in [0, 0.1) is 5.92 Å². The Balaban J connectivity index is 1.72. The molecule has 0 saturated carbocycles. The van der Waals surface area contributed by atoms with Crippen molar-refractivity contribution in [1.82, 2.24) is 20.4 Å². The predicted molar refractivity (Wildman–Crippen MR) is 135 cm³/mol. The molecule has 204 valence electrons. The van der Waals surface area contributed by atoms with E-state index in [-0.39, 0.29) is 41.4 Å². The maximum absolute atomic E-state index is 13.2. The van der Waals surface area contributed by atoms with Gasteiger partial charge < -0.3 is 35.0 Å². The predicted octanol–water partition coefficient (Wildman–Crippen LogP) is 0.903. The van der Waals surface area contributed by atoms with Crippen molar-refractivity contribution in [3.05, 3.63) is 23.8 Å². The van der Waals surface area contributed by atoms with Crippen LogP contribution in [0.5, 0.6) is 11.5 Å². The molecule has 2 aliphatic heterocycles. The number of hydrogen-bond acceptors (Lipinski definition) is 7. The number of likely N-dealkylation sites (N-methyl/N-ethyl adjacent to an activating group) is 1. The van der Waals surface area contributed by atoms with Crippen molar-refractivity contribution < 1.29 is 33.8 Å². The van der Waals surface area contributed by atoms with E-state index in [1.807, 2.05) is 4.90 Å². The molecule has 4 amide bonds. The van der Waals surface area contributed by atoms with E-state index >= 15 is 0 Å². The monoisotopic (exact) mass is 518 g/mol. The topological polar surface area (TPSA) is 138 Å². The number of carbonyl (C=O) groups is 4. The molecule has 1 fully saturated rings. The molecule has 37 heavy (non-hydrogen) atoms. The highest BCUT2D eigenvalue weighted by molar-refractivity contribution is 5.95. The number of fused-ring (bicyclic) bond motifs is 2. The van der Waals surface area contributed by atoms with E-state index in [0.717, 1.165) is 6.42 Å². The molecule has 0 radical (unpaired) electrons. The van der Waals surface area contributed by atoms with Gasteiger partial charge in [-0.3, -0.25) is 19.2 Å². The Morgan fingerprint density at radius 2 is 1.73 bits per heavy atom. The molecule has 0 aliphatic carbocycles. The number of aromatic hydroxyl groups is 1. The zero-order valence-electron chi connectivity index (χ0n) is 21.7. The SMILES string of the molecule is C[C@@H]1NC(=O)COc2cc(O)cc(c2)C(=O)NCCCN(C(=O)C2CCOCC2)CCCCN(C)C1=O. The Labute approximate surface area is 217 Å². The zero-order chi connectivity index (χ0) is 26.8. The molecule has 1 atom stereocenters. The van der Waals surface area contributed by atoms with Crippen LogP contribution in [-0.2, 0) is 19.1 Å². The highest BCUT2D eigenvalue weighted by atomic mass is 16.5. The highest BCUT2D eigenvalue weighted by Crippen LogP contribution is 2.22. The van der Waals surface area contributed by atoms with Crippen LogP contribution in [0.1, 0.15) is 49.4 Å². The van der Waals surface area contributed by atoms with Gasteiger partial charge in [-0.15, -0.1) is 0 Å². The van der Waals surface area contributed by atoms with E-state index < -0.39 is 17.9 Å². The van der Waals surface area contributed by atoms with Crippen LogP contribution in [0.15, 0.2) is 18.2 Å². The number of rotatable bonds is 1. The van der Waals surface area contributed by atoms with Crippen LogP contribution in [0.3, 0.4) is 0 Å². The zero-order valence-corrected chi connectivity index (χ0v) is 21.7. The van der Waals surface area contributed by atoms with E-state index in [9.17, 15) is 24.3 Å². The molecule has 3 rings (SSSR count). The second-order valence-electron chi connectivity index (χ2n) is 9.58. The highest BCUT2D eigenvalue weighted by Gasteiger charge is 2.26. The Bertz CT molecular complexity index is 964. The lowest BCUT2D eigenvalue weighted by Gasteiger charge is -2.30. The van der Waals surface area contributed by atoms with Gasteiger partial charge in [-0.05, 0) is 51.2 Å². The van der Waals surface area contributed by atoms with E-state index in [0.29, 0.717) is 65.1 Å². The van der Waals surface area contributed by atoms with Crippen LogP contribution in [0.25, 0.3) is 0 Å². The summed E-state index contributed by atoms with van der Waals surface area (Å²) in [7, 11) is 1.69. The lowest BCUT2D eigenvalue weighted by Crippen LogP contribution is -2.47. The molecule has 2 heterocycles. The van der Waals surface area contributed by atoms with Gasteiger partial charge in [-0.1, -0.05) is 0 Å². The first-order valence-corrected chi connectivity index (χ1v) is 12.9. The van der Waals surface area contributed by atoms with Gasteiger partial charge >= 0.3 is 0 Å². The van der Waals surface area contributed by atoms with Gasteiger partial charge in [0, 0.05) is 64.0 Å². The number of amides is 4. The number of phenols is 1. The smallest absolute Gasteiger partial charge is 0.258 e. The Morgan fingerprint density at radius 1 is 1.03 bits per heavy atom. The third-order valence-corrected chi connectivity index (χ3v) is 6.59. The van der Waals surface area contributed by atoms with E-state index in [1.165, 1.54) is 18.2 Å². The Hall–Kier alpha value is -3.34. The number of carbonyl (C=O) groups excluding carboxylic acids is 4.